The number of anilines is 2. The molecule has 0 aliphatic rings. The molecule has 0 aliphatic carbocycles. The third-order valence-electron chi connectivity index (χ3n) is 2.40. The predicted octanol–water partition coefficient (Wildman–Crippen LogP) is 3.24. The second kappa shape index (κ2) is 4.18. The van der Waals surface area contributed by atoms with Gasteiger partial charge in [-0.3, -0.25) is 4.40 Å². The summed E-state index contributed by atoms with van der Waals surface area (Å²) < 4.78 is 2.89. The van der Waals surface area contributed by atoms with E-state index in [4.69, 9.17) is 0 Å². The van der Waals surface area contributed by atoms with Gasteiger partial charge >= 0.3 is 0 Å². The largest absolute Gasteiger partial charge is 0.324 e. The van der Waals surface area contributed by atoms with Crippen molar-refractivity contribution in [2.45, 2.75) is 0 Å². The molecule has 2 heterocycles. The summed E-state index contributed by atoms with van der Waals surface area (Å²) in [5, 5.41) is 11.4. The molecule has 84 valence electrons. The maximum Gasteiger partial charge on any atom is 0.233 e. The first-order chi connectivity index (χ1) is 8.33. The highest BCUT2D eigenvalue weighted by atomic mass is 79.9. The first-order valence-corrected chi connectivity index (χ1v) is 5.94. The number of rotatable bonds is 2. The monoisotopic (exact) mass is 288 g/mol. The smallest absolute Gasteiger partial charge is 0.233 e. The average Bonchev–Trinajstić information content (AvgIpc) is 2.73. The molecule has 0 radical (unpaired) electrons. The summed E-state index contributed by atoms with van der Waals surface area (Å²) in [4.78, 5) is 0. The average molecular weight is 289 g/mol. The van der Waals surface area contributed by atoms with E-state index in [1.165, 1.54) is 0 Å². The van der Waals surface area contributed by atoms with Crippen molar-refractivity contribution in [2.24, 2.45) is 0 Å². The Bertz CT molecular complexity index is 648. The lowest BCUT2D eigenvalue weighted by molar-refractivity contribution is 1.10. The van der Waals surface area contributed by atoms with Crippen LogP contribution in [0.1, 0.15) is 0 Å². The standard InChI is InChI=1S/C12H9BrN4/c13-9-6-7-11-15-16-12(17(11)8-9)14-10-4-2-1-3-5-10/h1-8H,(H,14,16). The van der Waals surface area contributed by atoms with Crippen molar-refractivity contribution in [3.63, 3.8) is 0 Å². The van der Waals surface area contributed by atoms with Crippen LogP contribution >= 0.6 is 15.9 Å². The molecule has 0 spiro atoms. The minimum atomic E-state index is 0.701. The highest BCUT2D eigenvalue weighted by Gasteiger charge is 2.05. The topological polar surface area (TPSA) is 42.2 Å². The highest BCUT2D eigenvalue weighted by Crippen LogP contribution is 2.17. The molecule has 0 unspecified atom stereocenters. The first-order valence-electron chi connectivity index (χ1n) is 5.15. The van der Waals surface area contributed by atoms with Crippen LogP contribution in [0.4, 0.5) is 11.6 Å². The Kier molecular flexibility index (Phi) is 2.53. The van der Waals surface area contributed by atoms with Crippen LogP contribution in [0.25, 0.3) is 5.65 Å². The molecule has 0 saturated carbocycles. The van der Waals surface area contributed by atoms with Gasteiger partial charge in [0.2, 0.25) is 5.95 Å². The number of pyridine rings is 1. The number of halogens is 1. The number of nitrogens with one attached hydrogen (secondary N) is 1. The van der Waals surface area contributed by atoms with E-state index in [-0.39, 0.29) is 0 Å². The fraction of sp³-hybridized carbons (Fsp3) is 0. The molecule has 0 saturated heterocycles. The van der Waals surface area contributed by atoms with Gasteiger partial charge in [-0.15, -0.1) is 10.2 Å². The minimum absolute atomic E-state index is 0.701. The maximum absolute atomic E-state index is 4.11. The lowest BCUT2D eigenvalue weighted by atomic mass is 10.3. The van der Waals surface area contributed by atoms with Crippen LogP contribution in [-0.2, 0) is 0 Å². The third-order valence-corrected chi connectivity index (χ3v) is 2.87. The van der Waals surface area contributed by atoms with Gasteiger partial charge in [0.15, 0.2) is 5.65 Å². The molecule has 1 aromatic carbocycles. The van der Waals surface area contributed by atoms with Crippen molar-refractivity contribution in [3.05, 3.63) is 53.1 Å². The molecule has 17 heavy (non-hydrogen) atoms. The molecule has 0 bridgehead atoms. The quantitative estimate of drug-likeness (QED) is 0.787. The lowest BCUT2D eigenvalue weighted by Crippen LogP contribution is -1.96. The fourth-order valence-corrected chi connectivity index (χ4v) is 1.94. The Morgan fingerprint density at radius 3 is 2.65 bits per heavy atom. The Hall–Kier alpha value is -1.88. The molecule has 3 rings (SSSR count). The molecule has 0 fully saturated rings. The Morgan fingerprint density at radius 1 is 1.00 bits per heavy atom. The summed E-state index contributed by atoms with van der Waals surface area (Å²) in [6, 6.07) is 13.7. The van der Waals surface area contributed by atoms with Crippen LogP contribution in [0, 0.1) is 0 Å². The van der Waals surface area contributed by atoms with E-state index >= 15 is 0 Å². The minimum Gasteiger partial charge on any atom is -0.324 e. The Labute approximate surface area is 106 Å². The van der Waals surface area contributed by atoms with E-state index in [0.717, 1.165) is 15.8 Å². The number of nitrogens with zero attached hydrogens (tertiary/aromatic N) is 3. The van der Waals surface area contributed by atoms with E-state index in [1.807, 2.05) is 53.1 Å². The van der Waals surface area contributed by atoms with Crippen molar-refractivity contribution in [2.75, 3.05) is 5.32 Å². The Morgan fingerprint density at radius 2 is 1.82 bits per heavy atom. The normalized spacial score (nSPS) is 10.6. The molecule has 0 aliphatic heterocycles. The molecule has 4 nitrogen and oxygen atoms in total. The van der Waals surface area contributed by atoms with Crippen LogP contribution in [0.2, 0.25) is 0 Å². The summed E-state index contributed by atoms with van der Waals surface area (Å²) in [7, 11) is 0. The second-order valence-electron chi connectivity index (χ2n) is 3.59. The SMILES string of the molecule is Brc1ccc2nnc(Nc3ccccc3)n2c1. The van der Waals surface area contributed by atoms with Crippen molar-refractivity contribution in [1.82, 2.24) is 14.6 Å². The molecular weight excluding hydrogens is 280 g/mol. The van der Waals surface area contributed by atoms with Crippen LogP contribution < -0.4 is 5.32 Å². The van der Waals surface area contributed by atoms with Gasteiger partial charge in [0.25, 0.3) is 0 Å². The van der Waals surface area contributed by atoms with E-state index in [0.29, 0.717) is 5.95 Å². The number of hydrogen-bond acceptors (Lipinski definition) is 3. The molecule has 5 heteroatoms. The van der Waals surface area contributed by atoms with Gasteiger partial charge in [-0.05, 0) is 40.2 Å². The number of para-hydroxylation sites is 1. The van der Waals surface area contributed by atoms with Crippen LogP contribution in [-0.4, -0.2) is 14.6 Å². The molecule has 3 aromatic rings. The number of aromatic nitrogens is 3. The van der Waals surface area contributed by atoms with Crippen molar-refractivity contribution < 1.29 is 0 Å². The molecule has 2 aromatic heterocycles. The second-order valence-corrected chi connectivity index (χ2v) is 4.51. The van der Waals surface area contributed by atoms with Gasteiger partial charge in [0.1, 0.15) is 0 Å². The Balaban J connectivity index is 2.03. The van der Waals surface area contributed by atoms with Gasteiger partial charge in [0, 0.05) is 16.4 Å². The fourth-order valence-electron chi connectivity index (χ4n) is 1.60. The van der Waals surface area contributed by atoms with Gasteiger partial charge in [-0.1, -0.05) is 18.2 Å². The zero-order valence-electron chi connectivity index (χ0n) is 8.84. The van der Waals surface area contributed by atoms with Gasteiger partial charge in [-0.2, -0.15) is 0 Å². The van der Waals surface area contributed by atoms with Gasteiger partial charge in [-0.25, -0.2) is 0 Å². The predicted molar refractivity (Wildman–Crippen MR) is 70.4 cm³/mol. The summed E-state index contributed by atoms with van der Waals surface area (Å²) in [5.41, 5.74) is 1.80. The van der Waals surface area contributed by atoms with E-state index in [2.05, 4.69) is 31.4 Å². The first kappa shape index (κ1) is 10.3. The van der Waals surface area contributed by atoms with Crippen molar-refractivity contribution in [1.29, 1.82) is 0 Å². The van der Waals surface area contributed by atoms with Crippen molar-refractivity contribution in [3.8, 4) is 0 Å². The van der Waals surface area contributed by atoms with Gasteiger partial charge < -0.3 is 5.32 Å². The summed E-state index contributed by atoms with van der Waals surface area (Å²) in [6.45, 7) is 0. The summed E-state index contributed by atoms with van der Waals surface area (Å²) in [6.07, 6.45) is 1.93. The third kappa shape index (κ3) is 2.01. The van der Waals surface area contributed by atoms with E-state index in [1.54, 1.807) is 0 Å². The maximum atomic E-state index is 4.11. The van der Waals surface area contributed by atoms with E-state index < -0.39 is 0 Å². The van der Waals surface area contributed by atoms with Gasteiger partial charge in [0.05, 0.1) is 0 Å². The van der Waals surface area contributed by atoms with Crippen molar-refractivity contribution >= 4 is 33.2 Å². The molecular formula is C12H9BrN4. The van der Waals surface area contributed by atoms with E-state index in [9.17, 15) is 0 Å². The van der Waals surface area contributed by atoms with Crippen LogP contribution in [0.3, 0.4) is 0 Å². The van der Waals surface area contributed by atoms with Crippen LogP contribution in [0.5, 0.6) is 0 Å². The molecule has 1 N–H and O–H groups in total. The summed E-state index contributed by atoms with van der Waals surface area (Å²) in [5.74, 6) is 0.701. The number of hydrogen-bond donors (Lipinski definition) is 1. The lowest BCUT2D eigenvalue weighted by Gasteiger charge is -2.03. The molecule has 0 atom stereocenters. The highest BCUT2D eigenvalue weighted by molar-refractivity contribution is 9.10. The number of fused-ring (bicyclic) bond motifs is 1. The zero-order valence-corrected chi connectivity index (χ0v) is 10.4. The molecule has 0 amide bonds. The zero-order chi connectivity index (χ0) is 11.7. The van der Waals surface area contributed by atoms with Crippen LogP contribution in [0.15, 0.2) is 53.1 Å². The number of benzene rings is 1. The summed E-state index contributed by atoms with van der Waals surface area (Å²) >= 11 is 3.43.